The van der Waals surface area contributed by atoms with E-state index < -0.39 is 11.5 Å². The molecule has 3 aromatic rings. The van der Waals surface area contributed by atoms with Gasteiger partial charge in [-0.2, -0.15) is 0 Å². The number of hydrogen-bond acceptors (Lipinski definition) is 5. The first-order valence-corrected chi connectivity index (χ1v) is 9.05. The minimum atomic E-state index is -0.617. The summed E-state index contributed by atoms with van der Waals surface area (Å²) in [4.78, 5) is 35.5. The predicted molar refractivity (Wildman–Crippen MR) is 99.8 cm³/mol. The molecule has 138 valence electrons. The van der Waals surface area contributed by atoms with Crippen LogP contribution in [0.1, 0.15) is 16.8 Å². The Balaban J connectivity index is 1.63. The molecule has 0 unspecified atom stereocenters. The minimum Gasteiger partial charge on any atom is -0.366 e. The van der Waals surface area contributed by atoms with Gasteiger partial charge in [-0.05, 0) is 33.8 Å². The lowest BCUT2D eigenvalue weighted by Crippen LogP contribution is -2.36. The van der Waals surface area contributed by atoms with E-state index in [0.717, 1.165) is 5.69 Å². The summed E-state index contributed by atoms with van der Waals surface area (Å²) in [7, 11) is 0. The Morgan fingerprint density at radius 1 is 1.11 bits per heavy atom. The van der Waals surface area contributed by atoms with Crippen LogP contribution in [0.2, 0.25) is 0 Å². The van der Waals surface area contributed by atoms with Crippen molar-refractivity contribution < 1.29 is 18.8 Å². The Labute approximate surface area is 158 Å². The summed E-state index contributed by atoms with van der Waals surface area (Å²) >= 11 is 1.20. The van der Waals surface area contributed by atoms with Crippen LogP contribution in [0.5, 0.6) is 0 Å². The third-order valence-corrected chi connectivity index (χ3v) is 4.69. The van der Waals surface area contributed by atoms with Gasteiger partial charge in [0.15, 0.2) is 0 Å². The van der Waals surface area contributed by atoms with Crippen molar-refractivity contribution in [3.8, 4) is 5.69 Å². The van der Waals surface area contributed by atoms with Gasteiger partial charge in [0.05, 0.1) is 11.3 Å². The van der Waals surface area contributed by atoms with Crippen molar-refractivity contribution in [1.29, 1.82) is 0 Å². The van der Waals surface area contributed by atoms with E-state index >= 15 is 0 Å². The molecule has 0 atom stereocenters. The van der Waals surface area contributed by atoms with Gasteiger partial charge in [0.2, 0.25) is 11.6 Å². The Morgan fingerprint density at radius 3 is 2.56 bits per heavy atom. The van der Waals surface area contributed by atoms with E-state index in [9.17, 15) is 14.4 Å². The number of anilines is 1. The second-order valence-corrected chi connectivity index (χ2v) is 6.60. The zero-order valence-electron chi connectivity index (χ0n) is 14.2. The fourth-order valence-electron chi connectivity index (χ4n) is 2.39. The monoisotopic (exact) mass is 385 g/mol. The van der Waals surface area contributed by atoms with Crippen LogP contribution in [0.15, 0.2) is 68.9 Å². The van der Waals surface area contributed by atoms with Crippen molar-refractivity contribution in [2.75, 3.05) is 11.1 Å². The van der Waals surface area contributed by atoms with Gasteiger partial charge in [0.1, 0.15) is 0 Å². The molecule has 9 heteroatoms. The summed E-state index contributed by atoms with van der Waals surface area (Å²) in [6.45, 7) is 0. The number of H-pyrrole nitrogens is 1. The summed E-state index contributed by atoms with van der Waals surface area (Å²) in [6, 6.07) is 15.7. The van der Waals surface area contributed by atoms with Crippen molar-refractivity contribution in [3.05, 3.63) is 70.6 Å². The highest BCUT2D eigenvalue weighted by Crippen LogP contribution is 2.16. The van der Waals surface area contributed by atoms with Crippen LogP contribution in [0.3, 0.4) is 0 Å². The lowest BCUT2D eigenvalue weighted by atomic mass is 10.1. The normalized spacial score (nSPS) is 10.5. The van der Waals surface area contributed by atoms with Crippen LogP contribution in [0.4, 0.5) is 5.69 Å². The fraction of sp³-hybridized carbons (Fsp3) is 0.111. The number of carbonyl (C=O) groups is 2. The zero-order chi connectivity index (χ0) is 19.2. The van der Waals surface area contributed by atoms with Crippen molar-refractivity contribution in [1.82, 2.24) is 5.27 Å². The molecular formula is C18H17N4O4S+. The number of carbonyl (C=O) groups excluding carboxylic acids is 2. The van der Waals surface area contributed by atoms with Gasteiger partial charge in [-0.1, -0.05) is 30.3 Å². The SMILES string of the molecule is NC(=O)c1ccccc1NC(=O)CCSc1c(=O)o[nH][n+]1-c1ccccc1. The van der Waals surface area contributed by atoms with Crippen LogP contribution < -0.4 is 21.4 Å². The first-order valence-electron chi connectivity index (χ1n) is 8.06. The Kier molecular flexibility index (Phi) is 5.72. The van der Waals surface area contributed by atoms with Gasteiger partial charge in [-0.15, -0.1) is 0 Å². The topological polar surface area (TPSA) is 122 Å². The molecule has 27 heavy (non-hydrogen) atoms. The minimum absolute atomic E-state index is 0.136. The molecule has 1 aromatic heterocycles. The van der Waals surface area contributed by atoms with Crippen LogP contribution in [-0.2, 0) is 4.79 Å². The molecule has 0 spiro atoms. The van der Waals surface area contributed by atoms with Crippen molar-refractivity contribution >= 4 is 29.3 Å². The smallest absolute Gasteiger partial charge is 0.366 e. The van der Waals surface area contributed by atoms with Gasteiger partial charge < -0.3 is 11.1 Å². The van der Waals surface area contributed by atoms with E-state index in [1.165, 1.54) is 16.4 Å². The Bertz CT molecular complexity index is 1010. The van der Waals surface area contributed by atoms with Gasteiger partial charge in [-0.25, -0.2) is 4.79 Å². The zero-order valence-corrected chi connectivity index (χ0v) is 15.0. The number of hydrogen-bond donors (Lipinski definition) is 3. The number of para-hydroxylation sites is 2. The number of benzene rings is 2. The van der Waals surface area contributed by atoms with E-state index in [1.54, 1.807) is 24.3 Å². The average molecular weight is 385 g/mol. The third-order valence-electron chi connectivity index (χ3n) is 3.66. The number of amides is 2. The lowest BCUT2D eigenvalue weighted by Gasteiger charge is -2.08. The van der Waals surface area contributed by atoms with E-state index in [-0.39, 0.29) is 17.9 Å². The van der Waals surface area contributed by atoms with E-state index in [4.69, 9.17) is 10.3 Å². The molecule has 0 saturated carbocycles. The van der Waals surface area contributed by atoms with Crippen LogP contribution in [0.25, 0.3) is 5.69 Å². The molecule has 0 aliphatic carbocycles. The maximum atomic E-state index is 12.2. The average Bonchev–Trinajstić information content (AvgIpc) is 3.03. The van der Waals surface area contributed by atoms with Crippen molar-refractivity contribution in [3.63, 3.8) is 0 Å². The Morgan fingerprint density at radius 2 is 1.81 bits per heavy atom. The molecule has 1 heterocycles. The van der Waals surface area contributed by atoms with Gasteiger partial charge in [-0.3, -0.25) is 14.1 Å². The quantitative estimate of drug-likeness (QED) is 0.420. The maximum Gasteiger partial charge on any atom is 0.442 e. The molecule has 0 bridgehead atoms. The van der Waals surface area contributed by atoms with Gasteiger partial charge >= 0.3 is 10.7 Å². The fourth-order valence-corrected chi connectivity index (χ4v) is 3.31. The number of aromatic nitrogens is 2. The predicted octanol–water partition coefficient (Wildman–Crippen LogP) is 1.46. The van der Waals surface area contributed by atoms with Crippen molar-refractivity contribution in [2.24, 2.45) is 5.73 Å². The summed E-state index contributed by atoms with van der Waals surface area (Å²) in [5.41, 5.74) is 6.13. The maximum absolute atomic E-state index is 12.2. The summed E-state index contributed by atoms with van der Waals surface area (Å²) in [5, 5.41) is 5.55. The van der Waals surface area contributed by atoms with Crippen LogP contribution in [0, 0.1) is 0 Å². The molecule has 4 N–H and O–H groups in total. The highest BCUT2D eigenvalue weighted by Gasteiger charge is 2.24. The Hall–Kier alpha value is -3.33. The highest BCUT2D eigenvalue weighted by molar-refractivity contribution is 7.99. The largest absolute Gasteiger partial charge is 0.442 e. The number of nitrogens with two attached hydrogens (primary N) is 1. The first kappa shape index (κ1) is 18.5. The number of aromatic amines is 1. The molecule has 8 nitrogen and oxygen atoms in total. The van der Waals surface area contributed by atoms with Crippen molar-refractivity contribution in [2.45, 2.75) is 11.4 Å². The number of primary amides is 1. The molecule has 0 aliphatic heterocycles. The number of rotatable bonds is 7. The second-order valence-electron chi connectivity index (χ2n) is 5.51. The number of nitrogens with one attached hydrogen (secondary N) is 2. The summed E-state index contributed by atoms with van der Waals surface area (Å²) in [5.74, 6) is -0.559. The second kappa shape index (κ2) is 8.37. The van der Waals surface area contributed by atoms with E-state index in [2.05, 4.69) is 10.6 Å². The first-order chi connectivity index (χ1) is 13.1. The molecular weight excluding hydrogens is 368 g/mol. The molecule has 3 rings (SSSR count). The number of thioether (sulfide) groups is 1. The number of nitrogens with zero attached hydrogens (tertiary/aromatic N) is 1. The highest BCUT2D eigenvalue weighted by atomic mass is 32.2. The lowest BCUT2D eigenvalue weighted by molar-refractivity contribution is -0.704. The standard InChI is InChI=1S/C18H16N4O4S/c19-16(24)13-8-4-5-9-14(13)20-15(23)10-11-27-17-18(25)26-21-22(17)12-6-2-1-3-7-12/h1-9H,10-11H2,(H3-,19,20,21,23,24,25)/p+1. The van der Waals surface area contributed by atoms with Crippen LogP contribution in [-0.4, -0.2) is 22.8 Å². The molecule has 0 saturated heterocycles. The summed E-state index contributed by atoms with van der Waals surface area (Å²) in [6.07, 6.45) is 0.136. The molecule has 0 aliphatic rings. The van der Waals surface area contributed by atoms with Gasteiger partial charge in [0.25, 0.3) is 5.91 Å². The molecule has 0 fully saturated rings. The summed E-state index contributed by atoms with van der Waals surface area (Å²) < 4.78 is 6.38. The molecule has 0 radical (unpaired) electrons. The van der Waals surface area contributed by atoms with Crippen LogP contribution >= 0.6 is 11.8 Å². The molecule has 2 aromatic carbocycles. The van der Waals surface area contributed by atoms with E-state index in [0.29, 0.717) is 16.5 Å². The third kappa shape index (κ3) is 4.45. The molecule has 2 amide bonds. The van der Waals surface area contributed by atoms with E-state index in [1.807, 2.05) is 30.3 Å². The van der Waals surface area contributed by atoms with Gasteiger partial charge in [0, 0.05) is 24.3 Å².